The summed E-state index contributed by atoms with van der Waals surface area (Å²) in [4.78, 5) is 59.4. The molecule has 4 unspecified atom stereocenters. The van der Waals surface area contributed by atoms with E-state index in [0.29, 0.717) is 11.5 Å². The van der Waals surface area contributed by atoms with Gasteiger partial charge in [0, 0.05) is 5.75 Å². The average Bonchev–Trinajstić information content (AvgIpc) is 2.70. The Hall–Kier alpha value is -1.64. The van der Waals surface area contributed by atoms with Gasteiger partial charge in [0.1, 0.15) is 18.1 Å². The zero-order chi connectivity index (χ0) is 24.0. The van der Waals surface area contributed by atoms with Crippen molar-refractivity contribution in [1.29, 1.82) is 0 Å². The van der Waals surface area contributed by atoms with Crippen LogP contribution in [-0.4, -0.2) is 93.8 Å². The van der Waals surface area contributed by atoms with E-state index in [1.807, 2.05) is 12.5 Å². The summed E-state index contributed by atoms with van der Waals surface area (Å²) < 4.78 is 0. The van der Waals surface area contributed by atoms with Crippen LogP contribution in [0.4, 0.5) is 0 Å². The van der Waals surface area contributed by atoms with E-state index in [1.165, 1.54) is 23.5 Å². The number of amides is 3. The zero-order valence-corrected chi connectivity index (χ0v) is 19.9. The molecular formula is C17H30N4O7S3. The third-order valence-electron chi connectivity index (χ3n) is 4.02. The summed E-state index contributed by atoms with van der Waals surface area (Å²) in [7, 11) is 0. The van der Waals surface area contributed by atoms with Crippen molar-refractivity contribution < 1.29 is 34.2 Å². The van der Waals surface area contributed by atoms with Gasteiger partial charge in [-0.2, -0.15) is 36.2 Å². The predicted octanol–water partition coefficient (Wildman–Crippen LogP) is -1.24. The minimum Gasteiger partial charge on any atom is -0.481 e. The van der Waals surface area contributed by atoms with Crippen molar-refractivity contribution in [3.05, 3.63) is 0 Å². The number of carboxylic acid groups (broad SMARTS) is 2. The van der Waals surface area contributed by atoms with Gasteiger partial charge in [0.15, 0.2) is 0 Å². The molecule has 0 saturated heterocycles. The summed E-state index contributed by atoms with van der Waals surface area (Å²) >= 11 is 6.77. The van der Waals surface area contributed by atoms with Crippen LogP contribution in [0.5, 0.6) is 0 Å². The molecule has 0 aliphatic carbocycles. The molecule has 0 aromatic rings. The lowest BCUT2D eigenvalue weighted by molar-refractivity contribution is -0.141. The number of rotatable bonds is 16. The summed E-state index contributed by atoms with van der Waals surface area (Å²) in [5.74, 6) is -3.73. The molecule has 0 fully saturated rings. The van der Waals surface area contributed by atoms with E-state index in [2.05, 4.69) is 28.6 Å². The maximum atomic E-state index is 12.8. The van der Waals surface area contributed by atoms with Crippen molar-refractivity contribution in [2.75, 3.05) is 29.8 Å². The average molecular weight is 499 g/mol. The maximum absolute atomic E-state index is 12.8. The number of thiol groups is 1. The fourth-order valence-corrected chi connectivity index (χ4v) is 3.49. The number of nitrogens with two attached hydrogens (primary N) is 1. The third-order valence-corrected chi connectivity index (χ3v) is 5.67. The van der Waals surface area contributed by atoms with E-state index < -0.39 is 60.2 Å². The van der Waals surface area contributed by atoms with Crippen LogP contribution in [0.25, 0.3) is 0 Å². The summed E-state index contributed by atoms with van der Waals surface area (Å²) in [5.41, 5.74) is 5.55. The highest BCUT2D eigenvalue weighted by Crippen LogP contribution is 2.06. The van der Waals surface area contributed by atoms with Crippen LogP contribution < -0.4 is 21.7 Å². The lowest BCUT2D eigenvalue weighted by Gasteiger charge is -2.24. The first-order valence-corrected chi connectivity index (χ1v) is 12.7. The molecule has 0 radical (unpaired) electrons. The van der Waals surface area contributed by atoms with Gasteiger partial charge in [-0.15, -0.1) is 0 Å². The first kappa shape index (κ1) is 29.4. The Kier molecular flexibility index (Phi) is 15.2. The van der Waals surface area contributed by atoms with Gasteiger partial charge < -0.3 is 31.9 Å². The number of carbonyl (C=O) groups is 5. The second-order valence-electron chi connectivity index (χ2n) is 6.47. The van der Waals surface area contributed by atoms with E-state index in [0.717, 1.165) is 0 Å². The monoisotopic (exact) mass is 498 g/mol. The molecule has 11 nitrogen and oxygen atoms in total. The van der Waals surface area contributed by atoms with Gasteiger partial charge in [0.05, 0.1) is 12.5 Å². The molecule has 4 atom stereocenters. The molecule has 0 aliphatic heterocycles. The van der Waals surface area contributed by atoms with Gasteiger partial charge in [-0.1, -0.05) is 0 Å². The van der Waals surface area contributed by atoms with Crippen LogP contribution >= 0.6 is 36.2 Å². The third kappa shape index (κ3) is 12.1. The molecule has 0 aromatic carbocycles. The molecule has 14 heteroatoms. The Balaban J connectivity index is 5.32. The van der Waals surface area contributed by atoms with Crippen LogP contribution in [0.2, 0.25) is 0 Å². The second-order valence-corrected chi connectivity index (χ2v) is 8.81. The minimum atomic E-state index is -1.33. The van der Waals surface area contributed by atoms with E-state index >= 15 is 0 Å². The fourth-order valence-electron chi connectivity index (χ4n) is 2.30. The molecule has 7 N–H and O–H groups in total. The molecule has 0 heterocycles. The smallest absolute Gasteiger partial charge is 0.327 e. The highest BCUT2D eigenvalue weighted by Gasteiger charge is 2.30. The molecular weight excluding hydrogens is 468 g/mol. The molecule has 0 spiro atoms. The van der Waals surface area contributed by atoms with Crippen molar-refractivity contribution in [3.8, 4) is 0 Å². The Morgan fingerprint density at radius 1 is 0.839 bits per heavy atom. The van der Waals surface area contributed by atoms with Crippen LogP contribution in [0, 0.1) is 0 Å². The lowest BCUT2D eigenvalue weighted by atomic mass is 10.1. The fraction of sp³-hybridized carbons (Fsp3) is 0.706. The van der Waals surface area contributed by atoms with Gasteiger partial charge >= 0.3 is 11.9 Å². The van der Waals surface area contributed by atoms with Crippen LogP contribution in [0.3, 0.4) is 0 Å². The van der Waals surface area contributed by atoms with E-state index in [4.69, 9.17) is 15.9 Å². The van der Waals surface area contributed by atoms with Crippen LogP contribution in [-0.2, 0) is 24.0 Å². The molecule has 0 rings (SSSR count). The van der Waals surface area contributed by atoms with Gasteiger partial charge in [-0.25, -0.2) is 4.79 Å². The number of hydrogen-bond acceptors (Lipinski definition) is 9. The van der Waals surface area contributed by atoms with Gasteiger partial charge in [-0.3, -0.25) is 19.2 Å². The number of carbonyl (C=O) groups excluding carboxylic acids is 3. The molecule has 3 amide bonds. The second kappa shape index (κ2) is 16.1. The Bertz CT molecular complexity index is 639. The molecule has 178 valence electrons. The molecule has 0 aliphatic rings. The first-order valence-electron chi connectivity index (χ1n) is 9.27. The van der Waals surface area contributed by atoms with Crippen molar-refractivity contribution in [2.45, 2.75) is 43.4 Å². The van der Waals surface area contributed by atoms with E-state index in [9.17, 15) is 24.0 Å². The zero-order valence-electron chi connectivity index (χ0n) is 17.3. The normalized spacial score (nSPS) is 14.6. The molecule has 31 heavy (non-hydrogen) atoms. The number of nitrogens with one attached hydrogen (secondary N) is 3. The molecule has 0 aromatic heterocycles. The van der Waals surface area contributed by atoms with Gasteiger partial charge in [-0.05, 0) is 36.9 Å². The molecule has 0 bridgehead atoms. The Morgan fingerprint density at radius 2 is 1.26 bits per heavy atom. The summed E-state index contributed by atoms with van der Waals surface area (Å²) in [5, 5.41) is 25.2. The largest absolute Gasteiger partial charge is 0.481 e. The Morgan fingerprint density at radius 3 is 1.61 bits per heavy atom. The SMILES string of the molecule is CSCCC(NC(=O)C(N)CC(=O)O)C(=O)NC(CCSC)C(=O)NC(CS)C(=O)O. The quantitative estimate of drug-likeness (QED) is 0.127. The van der Waals surface area contributed by atoms with Gasteiger partial charge in [0.25, 0.3) is 0 Å². The van der Waals surface area contributed by atoms with Crippen LogP contribution in [0.15, 0.2) is 0 Å². The number of aliphatic carboxylic acids is 2. The van der Waals surface area contributed by atoms with Crippen LogP contribution in [0.1, 0.15) is 19.3 Å². The van der Waals surface area contributed by atoms with Crippen molar-refractivity contribution in [2.24, 2.45) is 5.73 Å². The van der Waals surface area contributed by atoms with Crippen molar-refractivity contribution in [3.63, 3.8) is 0 Å². The summed E-state index contributed by atoms with van der Waals surface area (Å²) in [6.45, 7) is 0. The number of hydrogen-bond donors (Lipinski definition) is 7. The summed E-state index contributed by atoms with van der Waals surface area (Å²) in [6, 6.07) is -4.61. The van der Waals surface area contributed by atoms with E-state index in [1.54, 1.807) is 0 Å². The predicted molar refractivity (Wildman–Crippen MR) is 124 cm³/mol. The minimum absolute atomic E-state index is 0.127. The van der Waals surface area contributed by atoms with E-state index in [-0.39, 0.29) is 18.6 Å². The van der Waals surface area contributed by atoms with Gasteiger partial charge in [0.2, 0.25) is 17.7 Å². The molecule has 0 saturated carbocycles. The first-order chi connectivity index (χ1) is 14.6. The topological polar surface area (TPSA) is 188 Å². The number of carboxylic acids is 2. The Labute approximate surface area is 194 Å². The maximum Gasteiger partial charge on any atom is 0.327 e. The van der Waals surface area contributed by atoms with Crippen molar-refractivity contribution in [1.82, 2.24) is 16.0 Å². The van der Waals surface area contributed by atoms with Crippen molar-refractivity contribution >= 4 is 65.8 Å². The lowest BCUT2D eigenvalue weighted by Crippen LogP contribution is -2.57. The standard InChI is InChI=1S/C17H30N4O7S3/c1-30-5-3-10(19-14(24)9(18)7-13(22)23)15(25)20-11(4-6-31-2)16(26)21-12(8-29)17(27)28/h9-12,29H,3-8,18H2,1-2H3,(H,19,24)(H,20,25)(H,21,26)(H,22,23)(H,27,28). The number of thioether (sulfide) groups is 2. The highest BCUT2D eigenvalue weighted by atomic mass is 32.2. The highest BCUT2D eigenvalue weighted by molar-refractivity contribution is 7.98. The summed E-state index contributed by atoms with van der Waals surface area (Å²) in [6.07, 6.45) is 3.49.